The first-order valence-corrected chi connectivity index (χ1v) is 13.0. The molecule has 3 rings (SSSR count). The highest BCUT2D eigenvalue weighted by molar-refractivity contribution is 5.94. The minimum atomic E-state index is -5.00. The fraction of sp³-hybridized carbons (Fsp3) is 0.692. The second kappa shape index (κ2) is 13.0. The maximum absolute atomic E-state index is 13.0. The van der Waals surface area contributed by atoms with Crippen molar-refractivity contribution >= 4 is 11.8 Å². The Hall–Kier alpha value is -2.30. The average molecular weight is 536 g/mol. The molecule has 0 spiro atoms. The van der Waals surface area contributed by atoms with Gasteiger partial charge in [-0.1, -0.05) is 19.3 Å². The lowest BCUT2D eigenvalue weighted by atomic mass is 9.82. The number of nitrogens with one attached hydrogen (secondary N) is 3. The van der Waals surface area contributed by atoms with E-state index in [9.17, 15) is 35.9 Å². The molecule has 208 valence electrons. The first-order valence-electron chi connectivity index (χ1n) is 13.0. The standard InChI is InChI=1S/C26H35F6N3O2/c27-25(28,29)21-10-20(11-22(12-21)26(30,31)32)24(37)35-15-19-8-6-18(7-9-19)13-33-16-23(36)34-14-17-4-2-1-3-5-17/h10-12,17-19,33H,1-9,13-16H2,(H,34,36)(H,35,37). The van der Waals surface area contributed by atoms with Gasteiger partial charge in [0.15, 0.2) is 0 Å². The topological polar surface area (TPSA) is 70.2 Å². The van der Waals surface area contributed by atoms with Crippen LogP contribution in [0.2, 0.25) is 0 Å². The highest BCUT2D eigenvalue weighted by Gasteiger charge is 2.37. The van der Waals surface area contributed by atoms with E-state index in [0.29, 0.717) is 30.5 Å². The molecule has 0 radical (unpaired) electrons. The molecule has 3 N–H and O–H groups in total. The number of hydrogen-bond donors (Lipinski definition) is 3. The highest BCUT2D eigenvalue weighted by Crippen LogP contribution is 2.36. The second-order valence-electron chi connectivity index (χ2n) is 10.3. The highest BCUT2D eigenvalue weighted by atomic mass is 19.4. The van der Waals surface area contributed by atoms with E-state index in [1.54, 1.807) is 0 Å². The van der Waals surface area contributed by atoms with Crippen molar-refractivity contribution in [3.05, 3.63) is 34.9 Å². The first-order chi connectivity index (χ1) is 17.4. The van der Waals surface area contributed by atoms with Gasteiger partial charge in [-0.05, 0) is 81.0 Å². The number of amides is 2. The molecule has 2 aliphatic carbocycles. The molecule has 0 saturated heterocycles. The van der Waals surface area contributed by atoms with Crippen molar-refractivity contribution in [3.63, 3.8) is 0 Å². The maximum atomic E-state index is 13.0. The lowest BCUT2D eigenvalue weighted by Gasteiger charge is -2.29. The van der Waals surface area contributed by atoms with Gasteiger partial charge in [0.25, 0.3) is 5.91 Å². The van der Waals surface area contributed by atoms with Crippen LogP contribution in [0.15, 0.2) is 18.2 Å². The maximum Gasteiger partial charge on any atom is 0.416 e. The summed E-state index contributed by atoms with van der Waals surface area (Å²) in [5.41, 5.74) is -3.69. The van der Waals surface area contributed by atoms with E-state index in [1.807, 2.05) is 0 Å². The van der Waals surface area contributed by atoms with E-state index < -0.39 is 35.0 Å². The van der Waals surface area contributed by atoms with Crippen LogP contribution in [0.5, 0.6) is 0 Å². The van der Waals surface area contributed by atoms with Crippen LogP contribution >= 0.6 is 0 Å². The van der Waals surface area contributed by atoms with Crippen molar-refractivity contribution in [1.29, 1.82) is 0 Å². The zero-order chi connectivity index (χ0) is 27.1. The molecule has 37 heavy (non-hydrogen) atoms. The van der Waals surface area contributed by atoms with Crippen LogP contribution in [0, 0.1) is 17.8 Å². The number of halogens is 6. The monoisotopic (exact) mass is 535 g/mol. The third kappa shape index (κ3) is 9.50. The van der Waals surface area contributed by atoms with Crippen molar-refractivity contribution in [2.75, 3.05) is 26.2 Å². The number of carbonyl (C=O) groups is 2. The van der Waals surface area contributed by atoms with Crippen molar-refractivity contribution in [2.24, 2.45) is 17.8 Å². The number of alkyl halides is 6. The quantitative estimate of drug-likeness (QED) is 0.364. The number of hydrogen-bond acceptors (Lipinski definition) is 3. The van der Waals surface area contributed by atoms with Gasteiger partial charge in [-0.2, -0.15) is 26.3 Å². The van der Waals surface area contributed by atoms with Gasteiger partial charge in [-0.15, -0.1) is 0 Å². The summed E-state index contributed by atoms with van der Waals surface area (Å²) in [6.07, 6.45) is -0.648. The minimum Gasteiger partial charge on any atom is -0.355 e. The normalized spacial score (nSPS) is 21.5. The Morgan fingerprint density at radius 1 is 0.676 bits per heavy atom. The zero-order valence-corrected chi connectivity index (χ0v) is 20.7. The van der Waals surface area contributed by atoms with E-state index >= 15 is 0 Å². The summed E-state index contributed by atoms with van der Waals surface area (Å²) in [7, 11) is 0. The van der Waals surface area contributed by atoms with Crippen LogP contribution in [-0.4, -0.2) is 38.0 Å². The number of benzene rings is 1. The smallest absolute Gasteiger partial charge is 0.355 e. The van der Waals surface area contributed by atoms with Crippen molar-refractivity contribution in [1.82, 2.24) is 16.0 Å². The van der Waals surface area contributed by atoms with E-state index in [0.717, 1.165) is 32.2 Å². The average Bonchev–Trinajstić information content (AvgIpc) is 2.86. The van der Waals surface area contributed by atoms with Crippen molar-refractivity contribution in [2.45, 2.75) is 70.1 Å². The molecule has 0 heterocycles. The van der Waals surface area contributed by atoms with Crippen LogP contribution in [0.4, 0.5) is 26.3 Å². The summed E-state index contributed by atoms with van der Waals surface area (Å²) >= 11 is 0. The molecular formula is C26H35F6N3O2. The van der Waals surface area contributed by atoms with Crippen LogP contribution < -0.4 is 16.0 Å². The molecule has 2 saturated carbocycles. The van der Waals surface area contributed by atoms with Crippen molar-refractivity contribution < 1.29 is 35.9 Å². The van der Waals surface area contributed by atoms with Crippen LogP contribution in [0.25, 0.3) is 0 Å². The van der Waals surface area contributed by atoms with Gasteiger partial charge >= 0.3 is 12.4 Å². The van der Waals surface area contributed by atoms with Gasteiger partial charge in [-0.3, -0.25) is 9.59 Å². The molecule has 0 atom stereocenters. The SMILES string of the molecule is O=C(CNCC1CCC(CNC(=O)c2cc(C(F)(F)F)cc(C(F)(F)F)c2)CC1)NCC1CCCCC1. The van der Waals surface area contributed by atoms with E-state index in [2.05, 4.69) is 16.0 Å². The molecule has 0 unspecified atom stereocenters. The molecule has 5 nitrogen and oxygen atoms in total. The molecule has 2 aliphatic rings. The fourth-order valence-corrected chi connectivity index (χ4v) is 5.17. The van der Waals surface area contributed by atoms with Gasteiger partial charge in [0.05, 0.1) is 17.7 Å². The third-order valence-corrected chi connectivity index (χ3v) is 7.40. The fourth-order valence-electron chi connectivity index (χ4n) is 5.17. The first kappa shape index (κ1) is 29.3. The predicted molar refractivity (Wildman–Crippen MR) is 127 cm³/mol. The Labute approximate surface area is 213 Å². The molecule has 0 bridgehead atoms. The Balaban J connectivity index is 1.37. The van der Waals surface area contributed by atoms with Gasteiger partial charge in [0.2, 0.25) is 5.91 Å². The van der Waals surface area contributed by atoms with E-state index in [1.165, 1.54) is 32.1 Å². The molecule has 0 aromatic heterocycles. The van der Waals surface area contributed by atoms with Gasteiger partial charge < -0.3 is 16.0 Å². The Morgan fingerprint density at radius 3 is 1.70 bits per heavy atom. The summed E-state index contributed by atoms with van der Waals surface area (Å²) in [5.74, 6) is 0.0707. The Bertz CT molecular complexity index is 872. The molecule has 2 fully saturated rings. The third-order valence-electron chi connectivity index (χ3n) is 7.40. The van der Waals surface area contributed by atoms with Crippen LogP contribution in [0.3, 0.4) is 0 Å². The van der Waals surface area contributed by atoms with E-state index in [4.69, 9.17) is 0 Å². The summed E-state index contributed by atoms with van der Waals surface area (Å²) < 4.78 is 78.2. The van der Waals surface area contributed by atoms with Crippen molar-refractivity contribution in [3.8, 4) is 0 Å². The second-order valence-corrected chi connectivity index (χ2v) is 10.3. The molecule has 1 aromatic carbocycles. The van der Waals surface area contributed by atoms with Crippen LogP contribution in [0.1, 0.15) is 79.3 Å². The molecule has 1 aromatic rings. The van der Waals surface area contributed by atoms with E-state index in [-0.39, 0.29) is 31.0 Å². The summed E-state index contributed by atoms with van der Waals surface area (Å²) in [6, 6.07) is 0.892. The zero-order valence-electron chi connectivity index (χ0n) is 20.7. The lowest BCUT2D eigenvalue weighted by Crippen LogP contribution is -2.39. The van der Waals surface area contributed by atoms with Gasteiger partial charge in [-0.25, -0.2) is 0 Å². The molecule has 0 aliphatic heterocycles. The minimum absolute atomic E-state index is 0.00645. The molecule has 11 heteroatoms. The largest absolute Gasteiger partial charge is 0.416 e. The number of carbonyl (C=O) groups excluding carboxylic acids is 2. The molecular weight excluding hydrogens is 500 g/mol. The Morgan fingerprint density at radius 2 is 1.16 bits per heavy atom. The lowest BCUT2D eigenvalue weighted by molar-refractivity contribution is -0.143. The number of rotatable bonds is 9. The molecule has 2 amide bonds. The summed E-state index contributed by atoms with van der Waals surface area (Å²) in [6.45, 7) is 1.87. The Kier molecular flexibility index (Phi) is 10.3. The predicted octanol–water partition coefficient (Wildman–Crippen LogP) is 5.55. The van der Waals surface area contributed by atoms with Gasteiger partial charge in [0.1, 0.15) is 0 Å². The summed E-state index contributed by atoms with van der Waals surface area (Å²) in [4.78, 5) is 24.4. The summed E-state index contributed by atoms with van der Waals surface area (Å²) in [5, 5.41) is 8.69. The van der Waals surface area contributed by atoms with Gasteiger partial charge in [0, 0.05) is 18.7 Å². The van der Waals surface area contributed by atoms with Crippen LogP contribution in [-0.2, 0) is 17.1 Å².